The van der Waals surface area contributed by atoms with E-state index in [4.69, 9.17) is 4.74 Å². The number of aromatic nitrogens is 2. The molecule has 0 radical (unpaired) electrons. The van der Waals surface area contributed by atoms with Crippen LogP contribution in [0.3, 0.4) is 0 Å². The van der Waals surface area contributed by atoms with Crippen LogP contribution in [0.5, 0.6) is 5.75 Å². The number of hydrogen-bond acceptors (Lipinski definition) is 3. The second-order valence-electron chi connectivity index (χ2n) is 5.97. The first-order valence-corrected chi connectivity index (χ1v) is 9.41. The van der Waals surface area contributed by atoms with Crippen LogP contribution < -0.4 is 10.1 Å². The number of imidazole rings is 1. The maximum atomic E-state index is 12.6. The number of fused-ring (bicyclic) bond motifs is 1. The largest absolute Gasteiger partial charge is 0.495 e. The number of ether oxygens (including phenoxy) is 1. The number of nitrogens with zero attached hydrogens (tertiary/aromatic N) is 2. The molecule has 0 aliphatic carbocycles. The van der Waals surface area contributed by atoms with Gasteiger partial charge in [0.05, 0.1) is 18.5 Å². The summed E-state index contributed by atoms with van der Waals surface area (Å²) in [7, 11) is 1.58. The van der Waals surface area contributed by atoms with Gasteiger partial charge in [-0.2, -0.15) is 0 Å². The van der Waals surface area contributed by atoms with Gasteiger partial charge in [0.25, 0.3) is 5.91 Å². The lowest BCUT2D eigenvalue weighted by atomic mass is 10.1. The van der Waals surface area contributed by atoms with E-state index in [-0.39, 0.29) is 5.91 Å². The van der Waals surface area contributed by atoms with E-state index in [9.17, 15) is 4.79 Å². The van der Waals surface area contributed by atoms with Crippen molar-refractivity contribution < 1.29 is 9.53 Å². The number of carbonyl (C=O) groups excluding carboxylic acids is 1. The van der Waals surface area contributed by atoms with Gasteiger partial charge in [0, 0.05) is 27.1 Å². The SMILES string of the molecule is COc1ccc(-c2cn3ccccc3n2)cc1NC(=O)c1cccc(I)c1. The van der Waals surface area contributed by atoms with Gasteiger partial charge in [-0.3, -0.25) is 4.79 Å². The van der Waals surface area contributed by atoms with Crippen molar-refractivity contribution in [3.63, 3.8) is 0 Å². The molecule has 0 bridgehead atoms. The molecule has 0 unspecified atom stereocenters. The zero-order valence-electron chi connectivity index (χ0n) is 14.5. The molecule has 0 atom stereocenters. The van der Waals surface area contributed by atoms with E-state index in [1.165, 1.54) is 0 Å². The molecule has 6 heteroatoms. The quantitative estimate of drug-likeness (QED) is 0.434. The number of amides is 1. The van der Waals surface area contributed by atoms with Gasteiger partial charge in [-0.05, 0) is 71.1 Å². The number of pyridine rings is 1. The summed E-state index contributed by atoms with van der Waals surface area (Å²) in [6, 6.07) is 18.9. The highest BCUT2D eigenvalue weighted by Gasteiger charge is 2.13. The van der Waals surface area contributed by atoms with Crippen LogP contribution in [0, 0.1) is 3.57 Å². The van der Waals surface area contributed by atoms with Crippen LogP contribution in [-0.2, 0) is 0 Å². The maximum absolute atomic E-state index is 12.6. The Hall–Kier alpha value is -2.87. The van der Waals surface area contributed by atoms with Crippen molar-refractivity contribution in [2.24, 2.45) is 0 Å². The number of methoxy groups -OCH3 is 1. The molecule has 1 amide bonds. The summed E-state index contributed by atoms with van der Waals surface area (Å²) in [6.45, 7) is 0. The Kier molecular flexibility index (Phi) is 4.81. The van der Waals surface area contributed by atoms with E-state index in [2.05, 4.69) is 32.9 Å². The third kappa shape index (κ3) is 3.66. The first kappa shape index (κ1) is 17.5. The molecule has 2 heterocycles. The molecule has 1 N–H and O–H groups in total. The molecule has 0 saturated heterocycles. The summed E-state index contributed by atoms with van der Waals surface area (Å²) in [5.41, 5.74) is 3.80. The van der Waals surface area contributed by atoms with Gasteiger partial charge in [-0.15, -0.1) is 0 Å². The fourth-order valence-electron chi connectivity index (χ4n) is 2.86. The Bertz CT molecular complexity index is 1100. The number of benzene rings is 2. The molecule has 4 aromatic rings. The molecule has 0 aliphatic rings. The lowest BCUT2D eigenvalue weighted by Gasteiger charge is -2.12. The Balaban J connectivity index is 1.69. The minimum Gasteiger partial charge on any atom is -0.495 e. The fourth-order valence-corrected chi connectivity index (χ4v) is 3.41. The van der Waals surface area contributed by atoms with E-state index < -0.39 is 0 Å². The number of halogens is 1. The van der Waals surface area contributed by atoms with Gasteiger partial charge in [-0.25, -0.2) is 4.98 Å². The van der Waals surface area contributed by atoms with E-state index in [0.29, 0.717) is 17.0 Å². The molecule has 4 rings (SSSR count). The second-order valence-corrected chi connectivity index (χ2v) is 7.22. The lowest BCUT2D eigenvalue weighted by Crippen LogP contribution is -2.12. The third-order valence-electron chi connectivity index (χ3n) is 4.19. The van der Waals surface area contributed by atoms with Crippen LogP contribution in [0.2, 0.25) is 0 Å². The van der Waals surface area contributed by atoms with Crippen molar-refractivity contribution in [1.29, 1.82) is 0 Å². The summed E-state index contributed by atoms with van der Waals surface area (Å²) >= 11 is 2.19. The zero-order chi connectivity index (χ0) is 18.8. The van der Waals surface area contributed by atoms with Crippen molar-refractivity contribution >= 4 is 39.8 Å². The molecule has 0 fully saturated rings. The van der Waals surface area contributed by atoms with Gasteiger partial charge in [-0.1, -0.05) is 12.1 Å². The molecule has 27 heavy (non-hydrogen) atoms. The highest BCUT2D eigenvalue weighted by molar-refractivity contribution is 14.1. The second kappa shape index (κ2) is 7.40. The summed E-state index contributed by atoms with van der Waals surface area (Å²) < 4.78 is 8.38. The summed E-state index contributed by atoms with van der Waals surface area (Å²) in [4.78, 5) is 17.3. The molecular weight excluding hydrogens is 453 g/mol. The van der Waals surface area contributed by atoms with Crippen LogP contribution in [0.1, 0.15) is 10.4 Å². The Labute approximate surface area is 170 Å². The predicted molar refractivity (Wildman–Crippen MR) is 114 cm³/mol. The highest BCUT2D eigenvalue weighted by Crippen LogP contribution is 2.31. The van der Waals surface area contributed by atoms with Crippen molar-refractivity contribution in [2.45, 2.75) is 0 Å². The number of carbonyl (C=O) groups is 1. The van der Waals surface area contributed by atoms with Crippen molar-refractivity contribution in [3.05, 3.63) is 82.2 Å². The fraction of sp³-hybridized carbons (Fsp3) is 0.0476. The molecule has 134 valence electrons. The van der Waals surface area contributed by atoms with Gasteiger partial charge >= 0.3 is 0 Å². The van der Waals surface area contributed by atoms with Gasteiger partial charge in [0.1, 0.15) is 11.4 Å². The molecule has 0 saturated carbocycles. The van der Waals surface area contributed by atoms with Crippen LogP contribution in [0.25, 0.3) is 16.9 Å². The Morgan fingerprint density at radius 2 is 2.00 bits per heavy atom. The van der Waals surface area contributed by atoms with Crippen LogP contribution in [0.15, 0.2) is 73.1 Å². The van der Waals surface area contributed by atoms with Crippen LogP contribution in [-0.4, -0.2) is 22.4 Å². The topological polar surface area (TPSA) is 55.6 Å². The molecule has 5 nitrogen and oxygen atoms in total. The van der Waals surface area contributed by atoms with Crippen LogP contribution in [0.4, 0.5) is 5.69 Å². The number of nitrogens with one attached hydrogen (secondary N) is 1. The number of rotatable bonds is 4. The molecular formula is C21H16IN3O2. The molecule has 2 aromatic heterocycles. The maximum Gasteiger partial charge on any atom is 0.255 e. The first-order valence-electron chi connectivity index (χ1n) is 8.33. The van der Waals surface area contributed by atoms with E-state index in [1.807, 2.05) is 71.4 Å². The average Bonchev–Trinajstić information content (AvgIpc) is 3.12. The lowest BCUT2D eigenvalue weighted by molar-refractivity contribution is 0.102. The minimum absolute atomic E-state index is 0.182. The Morgan fingerprint density at radius 1 is 1.11 bits per heavy atom. The van der Waals surface area contributed by atoms with Crippen molar-refractivity contribution in [1.82, 2.24) is 9.38 Å². The average molecular weight is 469 g/mol. The molecule has 0 spiro atoms. The predicted octanol–water partition coefficient (Wildman–Crippen LogP) is 4.87. The highest BCUT2D eigenvalue weighted by atomic mass is 127. The smallest absolute Gasteiger partial charge is 0.255 e. The van der Waals surface area contributed by atoms with E-state index in [1.54, 1.807) is 13.2 Å². The summed E-state index contributed by atoms with van der Waals surface area (Å²) in [5.74, 6) is 0.417. The number of anilines is 1. The summed E-state index contributed by atoms with van der Waals surface area (Å²) in [6.07, 6.45) is 3.91. The van der Waals surface area contributed by atoms with Gasteiger partial charge < -0.3 is 14.5 Å². The normalized spacial score (nSPS) is 10.7. The van der Waals surface area contributed by atoms with Crippen molar-refractivity contribution in [2.75, 3.05) is 12.4 Å². The summed E-state index contributed by atoms with van der Waals surface area (Å²) in [5, 5.41) is 2.95. The standard InChI is InChI=1S/C21H16IN3O2/c1-27-19-9-8-14(18-13-25-10-3-2-7-20(25)23-18)12-17(19)24-21(26)15-5-4-6-16(22)11-15/h2-13H,1H3,(H,24,26). The third-order valence-corrected chi connectivity index (χ3v) is 4.87. The monoisotopic (exact) mass is 469 g/mol. The minimum atomic E-state index is -0.182. The van der Waals surface area contributed by atoms with Gasteiger partial charge in [0.15, 0.2) is 0 Å². The molecule has 2 aromatic carbocycles. The number of hydrogen-bond donors (Lipinski definition) is 1. The Morgan fingerprint density at radius 3 is 2.78 bits per heavy atom. The van der Waals surface area contributed by atoms with E-state index >= 15 is 0 Å². The van der Waals surface area contributed by atoms with Crippen molar-refractivity contribution in [3.8, 4) is 17.0 Å². The van der Waals surface area contributed by atoms with Gasteiger partial charge in [0.2, 0.25) is 0 Å². The molecule has 0 aliphatic heterocycles. The first-order chi connectivity index (χ1) is 13.1. The van der Waals surface area contributed by atoms with E-state index in [0.717, 1.165) is 20.5 Å². The zero-order valence-corrected chi connectivity index (χ0v) is 16.7. The van der Waals surface area contributed by atoms with Crippen LogP contribution >= 0.6 is 22.6 Å².